The van der Waals surface area contributed by atoms with Crippen LogP contribution in [0.25, 0.3) is 0 Å². The van der Waals surface area contributed by atoms with E-state index in [0.29, 0.717) is 0 Å². The van der Waals surface area contributed by atoms with Gasteiger partial charge in [0, 0.05) is 0 Å². The zero-order chi connectivity index (χ0) is 10.4. The van der Waals surface area contributed by atoms with E-state index in [1.165, 1.54) is 25.7 Å². The van der Waals surface area contributed by atoms with Crippen molar-refractivity contribution in [3.63, 3.8) is 0 Å². The second kappa shape index (κ2) is 5.24. The van der Waals surface area contributed by atoms with Gasteiger partial charge in [0.1, 0.15) is 0 Å². The average molecular weight is 220 g/mol. The minimum absolute atomic E-state index is 0.125. The first-order valence-corrected chi connectivity index (χ1v) is 6.31. The number of hydrogen-bond acceptors (Lipinski definition) is 4. The van der Waals surface area contributed by atoms with Gasteiger partial charge in [-0.1, -0.05) is 32.6 Å². The fourth-order valence-corrected chi connectivity index (χ4v) is 1.79. The number of unbranched alkanes of at least 4 members (excludes halogenated alkanes) is 5. The first-order chi connectivity index (χ1) is 6.64. The highest BCUT2D eigenvalue weighted by Gasteiger charge is 2.31. The molecule has 0 amide bonds. The van der Waals surface area contributed by atoms with Gasteiger partial charge in [0.15, 0.2) is 0 Å². The zero-order valence-electron chi connectivity index (χ0n) is 8.36. The van der Waals surface area contributed by atoms with E-state index in [1.807, 2.05) is 0 Å². The molecule has 0 aromatic rings. The topological polar surface area (TPSA) is 52.6 Å². The Morgan fingerprint density at radius 3 is 2.36 bits per heavy atom. The van der Waals surface area contributed by atoms with Gasteiger partial charge in [-0.05, 0) is 18.9 Å². The molecule has 0 unspecified atom stereocenters. The van der Waals surface area contributed by atoms with Gasteiger partial charge in [0.05, 0.1) is 0 Å². The Balaban J connectivity index is 2.00. The predicted octanol–water partition coefficient (Wildman–Crippen LogP) is 2.48. The maximum absolute atomic E-state index is 10.4. The van der Waals surface area contributed by atoms with E-state index in [9.17, 15) is 8.42 Å². The molecule has 1 aliphatic rings. The second-order valence-electron chi connectivity index (χ2n) is 3.30. The first kappa shape index (κ1) is 11.4. The van der Waals surface area contributed by atoms with Crippen molar-refractivity contribution in [2.24, 2.45) is 0 Å². The quantitative estimate of drug-likeness (QED) is 0.645. The van der Waals surface area contributed by atoms with E-state index in [0.717, 1.165) is 12.8 Å². The van der Waals surface area contributed by atoms with Crippen molar-refractivity contribution in [2.75, 3.05) is 0 Å². The van der Waals surface area contributed by atoms with Crippen LogP contribution in [0.1, 0.15) is 45.4 Å². The highest BCUT2D eigenvalue weighted by molar-refractivity contribution is 7.83. The molecule has 82 valence electrons. The van der Waals surface area contributed by atoms with Gasteiger partial charge in [0.25, 0.3) is 0 Å². The molecule has 0 aliphatic carbocycles. The monoisotopic (exact) mass is 220 g/mol. The largest absolute Gasteiger partial charge is 0.506 e. The summed E-state index contributed by atoms with van der Waals surface area (Å²) in [6.45, 7) is 2.17. The van der Waals surface area contributed by atoms with E-state index in [2.05, 4.69) is 15.3 Å². The van der Waals surface area contributed by atoms with Crippen LogP contribution in [-0.4, -0.2) is 8.42 Å². The summed E-state index contributed by atoms with van der Waals surface area (Å²) >= 11 is 0. The number of allylic oxidation sites excluding steroid dienone is 1. The molecular formula is C9H16O4S. The highest BCUT2D eigenvalue weighted by atomic mass is 32.3. The lowest BCUT2D eigenvalue weighted by atomic mass is 10.1. The lowest BCUT2D eigenvalue weighted by Gasteiger charge is -2.17. The van der Waals surface area contributed by atoms with E-state index < -0.39 is 10.4 Å². The maximum atomic E-state index is 10.4. The fourth-order valence-electron chi connectivity index (χ4n) is 1.24. The molecule has 14 heavy (non-hydrogen) atoms. The van der Waals surface area contributed by atoms with Gasteiger partial charge >= 0.3 is 16.3 Å². The Morgan fingerprint density at radius 1 is 1.14 bits per heavy atom. The van der Waals surface area contributed by atoms with Crippen LogP contribution < -0.4 is 0 Å². The van der Waals surface area contributed by atoms with E-state index in [-0.39, 0.29) is 5.95 Å². The third kappa shape index (κ3) is 4.00. The van der Waals surface area contributed by atoms with Crippen LogP contribution in [0.3, 0.4) is 0 Å². The van der Waals surface area contributed by atoms with Crippen LogP contribution in [0.4, 0.5) is 0 Å². The molecule has 0 bridgehead atoms. The summed E-state index contributed by atoms with van der Waals surface area (Å²) in [5.41, 5.74) is 0. The molecule has 4 nitrogen and oxygen atoms in total. The zero-order valence-corrected chi connectivity index (χ0v) is 9.18. The predicted molar refractivity (Wildman–Crippen MR) is 52.5 cm³/mol. The summed E-state index contributed by atoms with van der Waals surface area (Å²) in [6, 6.07) is 0. The number of rotatable bonds is 6. The Bertz CT molecular complexity index is 278. The molecule has 0 radical (unpaired) electrons. The van der Waals surface area contributed by atoms with E-state index in [1.54, 1.807) is 6.08 Å². The van der Waals surface area contributed by atoms with Crippen molar-refractivity contribution in [1.29, 1.82) is 0 Å². The van der Waals surface area contributed by atoms with Crippen molar-refractivity contribution in [3.05, 3.63) is 12.0 Å². The summed E-state index contributed by atoms with van der Waals surface area (Å²) in [5, 5.41) is 0. The van der Waals surface area contributed by atoms with Crippen LogP contribution in [-0.2, 0) is 18.8 Å². The van der Waals surface area contributed by atoms with E-state index >= 15 is 0 Å². The van der Waals surface area contributed by atoms with Crippen LogP contribution in [0.15, 0.2) is 12.0 Å². The molecule has 0 spiro atoms. The summed E-state index contributed by atoms with van der Waals surface area (Å²) in [5.74, 6) is 0.125. The molecule has 1 heterocycles. The summed E-state index contributed by atoms with van der Waals surface area (Å²) in [7, 11) is -3.65. The smallest absolute Gasteiger partial charge is 0.315 e. The molecule has 0 atom stereocenters. The summed E-state index contributed by atoms with van der Waals surface area (Å²) in [4.78, 5) is 0. The molecule has 1 fully saturated rings. The molecule has 0 aromatic carbocycles. The van der Waals surface area contributed by atoms with Crippen molar-refractivity contribution in [1.82, 2.24) is 0 Å². The maximum Gasteiger partial charge on any atom is 0.506 e. The Kier molecular flexibility index (Phi) is 4.25. The Labute approximate surface area is 85.2 Å². The molecule has 1 rings (SSSR count). The number of hydrogen-bond donors (Lipinski definition) is 0. The Morgan fingerprint density at radius 2 is 1.79 bits per heavy atom. The third-order valence-corrected chi connectivity index (χ3v) is 2.72. The van der Waals surface area contributed by atoms with Crippen LogP contribution >= 0.6 is 0 Å². The van der Waals surface area contributed by atoms with Gasteiger partial charge in [-0.3, -0.25) is 0 Å². The minimum Gasteiger partial charge on any atom is -0.315 e. The second-order valence-corrected chi connectivity index (χ2v) is 4.45. The molecule has 1 aliphatic heterocycles. The average Bonchev–Trinajstić information content (AvgIpc) is 2.07. The summed E-state index contributed by atoms with van der Waals surface area (Å²) in [6.07, 6.45) is 8.44. The van der Waals surface area contributed by atoms with E-state index in [4.69, 9.17) is 0 Å². The molecule has 0 aromatic heterocycles. The first-order valence-electron chi connectivity index (χ1n) is 4.98. The van der Waals surface area contributed by atoms with Crippen LogP contribution in [0, 0.1) is 0 Å². The van der Waals surface area contributed by atoms with Crippen molar-refractivity contribution in [2.45, 2.75) is 45.4 Å². The highest BCUT2D eigenvalue weighted by Crippen LogP contribution is 2.22. The lowest BCUT2D eigenvalue weighted by molar-refractivity contribution is 0.118. The van der Waals surface area contributed by atoms with Crippen LogP contribution in [0.5, 0.6) is 0 Å². The standard InChI is InChI=1S/C9H16O4S/c1-2-3-4-5-6-7-8-9-12-14(10,11)13-9/h8H,2-7H2,1H3. The van der Waals surface area contributed by atoms with Crippen molar-refractivity contribution < 1.29 is 16.8 Å². The SMILES string of the molecule is CCCCCCCC=C1OS(=O)(=O)O1. The molecule has 1 saturated heterocycles. The van der Waals surface area contributed by atoms with Crippen LogP contribution in [0.2, 0.25) is 0 Å². The van der Waals surface area contributed by atoms with Gasteiger partial charge in [-0.2, -0.15) is 0 Å². The van der Waals surface area contributed by atoms with Gasteiger partial charge in [-0.25, -0.2) is 0 Å². The molecular weight excluding hydrogens is 204 g/mol. The lowest BCUT2D eigenvalue weighted by Crippen LogP contribution is -2.21. The normalized spacial score (nSPS) is 17.9. The molecule has 0 N–H and O–H groups in total. The van der Waals surface area contributed by atoms with Gasteiger partial charge < -0.3 is 8.37 Å². The van der Waals surface area contributed by atoms with Crippen molar-refractivity contribution in [3.8, 4) is 0 Å². The minimum atomic E-state index is -3.65. The molecule has 5 heteroatoms. The fraction of sp³-hybridized carbons (Fsp3) is 0.778. The molecule has 0 saturated carbocycles. The summed E-state index contributed by atoms with van der Waals surface area (Å²) < 4.78 is 29.5. The Hall–Kier alpha value is -0.710. The van der Waals surface area contributed by atoms with Gasteiger partial charge in [0.2, 0.25) is 0 Å². The third-order valence-electron chi connectivity index (χ3n) is 1.99. The van der Waals surface area contributed by atoms with Gasteiger partial charge in [-0.15, -0.1) is 8.42 Å². The van der Waals surface area contributed by atoms with Crippen molar-refractivity contribution >= 4 is 10.4 Å².